The average molecular weight is 234 g/mol. The first-order valence-corrected chi connectivity index (χ1v) is 5.37. The van der Waals surface area contributed by atoms with Gasteiger partial charge < -0.3 is 10.8 Å². The largest absolute Gasteiger partial charge is 0.481 e. The number of carbonyl (C=O) groups is 1. The van der Waals surface area contributed by atoms with Crippen molar-refractivity contribution < 1.29 is 9.90 Å². The number of fused-ring (bicyclic) bond motifs is 2. The second-order valence-corrected chi connectivity index (χ2v) is 5.65. The predicted octanol–water partition coefficient (Wildman–Crippen LogP) is 2.04. The van der Waals surface area contributed by atoms with Gasteiger partial charge in [-0.1, -0.05) is 13.8 Å². The van der Waals surface area contributed by atoms with Crippen LogP contribution in [0.5, 0.6) is 0 Å². The number of nitrogens with two attached hydrogens (primary N) is 1. The fourth-order valence-electron chi connectivity index (χ4n) is 3.59. The summed E-state index contributed by atoms with van der Waals surface area (Å²) in [5, 5.41) is 8.86. The van der Waals surface area contributed by atoms with Gasteiger partial charge in [-0.3, -0.25) is 4.79 Å². The molecule has 3 aliphatic rings. The van der Waals surface area contributed by atoms with E-state index in [0.29, 0.717) is 5.92 Å². The highest BCUT2D eigenvalue weighted by Gasteiger charge is 2.59. The highest BCUT2D eigenvalue weighted by molar-refractivity contribution is 5.85. The molecule has 15 heavy (non-hydrogen) atoms. The van der Waals surface area contributed by atoms with Gasteiger partial charge in [0, 0.05) is 5.54 Å². The monoisotopic (exact) mass is 233 g/mol. The van der Waals surface area contributed by atoms with E-state index in [0.717, 1.165) is 25.2 Å². The van der Waals surface area contributed by atoms with Crippen LogP contribution in [-0.2, 0) is 4.79 Å². The maximum Gasteiger partial charge on any atom is 0.305 e. The number of hydrogen-bond acceptors (Lipinski definition) is 2. The van der Waals surface area contributed by atoms with Crippen LogP contribution in [0.2, 0.25) is 0 Å². The van der Waals surface area contributed by atoms with Crippen molar-refractivity contribution in [2.45, 2.75) is 45.1 Å². The molecule has 0 saturated heterocycles. The molecule has 3 nitrogen and oxygen atoms in total. The quantitative estimate of drug-likeness (QED) is 0.767. The Balaban J connectivity index is 0.00000112. The van der Waals surface area contributed by atoms with Crippen molar-refractivity contribution in [3.05, 3.63) is 0 Å². The van der Waals surface area contributed by atoms with Crippen molar-refractivity contribution in [3.63, 3.8) is 0 Å². The lowest BCUT2D eigenvalue weighted by Gasteiger charge is -2.64. The summed E-state index contributed by atoms with van der Waals surface area (Å²) in [6, 6.07) is 0. The molecule has 3 aliphatic carbocycles. The molecule has 2 bridgehead atoms. The molecular weight excluding hydrogens is 214 g/mol. The number of hydrogen-bond donors (Lipinski definition) is 2. The van der Waals surface area contributed by atoms with E-state index in [-0.39, 0.29) is 24.2 Å². The molecule has 3 fully saturated rings. The van der Waals surface area contributed by atoms with E-state index in [4.69, 9.17) is 10.8 Å². The smallest absolute Gasteiger partial charge is 0.305 e. The fraction of sp³-hybridized carbons (Fsp3) is 0.909. The topological polar surface area (TPSA) is 63.3 Å². The summed E-state index contributed by atoms with van der Waals surface area (Å²) in [4.78, 5) is 10.8. The van der Waals surface area contributed by atoms with Crippen molar-refractivity contribution in [3.8, 4) is 0 Å². The Morgan fingerprint density at radius 3 is 2.53 bits per heavy atom. The number of halogens is 1. The molecule has 3 saturated carbocycles. The number of carboxylic acid groups (broad SMARTS) is 1. The molecule has 0 radical (unpaired) electrons. The normalized spacial score (nSPS) is 41.3. The number of aliphatic carboxylic acids is 1. The first-order valence-electron chi connectivity index (χ1n) is 5.37. The molecule has 88 valence electrons. The summed E-state index contributed by atoms with van der Waals surface area (Å²) in [5.41, 5.74) is 6.06. The zero-order valence-corrected chi connectivity index (χ0v) is 10.1. The second-order valence-electron chi connectivity index (χ2n) is 5.65. The molecule has 3 rings (SSSR count). The molecule has 0 heterocycles. The lowest BCUT2D eigenvalue weighted by molar-refractivity contribution is -0.150. The lowest BCUT2D eigenvalue weighted by atomic mass is 9.43. The Kier molecular flexibility index (Phi) is 3.10. The van der Waals surface area contributed by atoms with Crippen LogP contribution in [-0.4, -0.2) is 16.6 Å². The van der Waals surface area contributed by atoms with E-state index in [9.17, 15) is 4.79 Å². The minimum absolute atomic E-state index is 0. The van der Waals surface area contributed by atoms with Gasteiger partial charge in [0.05, 0.1) is 6.42 Å². The van der Waals surface area contributed by atoms with Gasteiger partial charge in [0.2, 0.25) is 0 Å². The van der Waals surface area contributed by atoms with E-state index in [1.54, 1.807) is 0 Å². The third kappa shape index (κ3) is 1.76. The Bertz CT molecular complexity index is 278. The van der Waals surface area contributed by atoms with Gasteiger partial charge in [-0.15, -0.1) is 12.4 Å². The molecule has 3 N–H and O–H groups in total. The van der Waals surface area contributed by atoms with Crippen LogP contribution in [0.4, 0.5) is 0 Å². The molecular formula is C11H20ClNO2. The zero-order chi connectivity index (χ0) is 10.6. The van der Waals surface area contributed by atoms with Gasteiger partial charge in [0.25, 0.3) is 0 Å². The van der Waals surface area contributed by atoms with Crippen LogP contribution in [0.1, 0.15) is 39.5 Å². The lowest BCUT2D eigenvalue weighted by Crippen LogP contribution is -2.66. The molecule has 0 aromatic rings. The summed E-state index contributed by atoms with van der Waals surface area (Å²) >= 11 is 0. The Morgan fingerprint density at radius 2 is 2.13 bits per heavy atom. The molecule has 4 heteroatoms. The molecule has 3 atom stereocenters. The van der Waals surface area contributed by atoms with E-state index >= 15 is 0 Å². The third-order valence-corrected chi connectivity index (χ3v) is 4.60. The third-order valence-electron chi connectivity index (χ3n) is 4.60. The van der Waals surface area contributed by atoms with E-state index in [1.807, 2.05) is 0 Å². The van der Waals surface area contributed by atoms with Gasteiger partial charge in [0.1, 0.15) is 0 Å². The van der Waals surface area contributed by atoms with Gasteiger partial charge in [-0.2, -0.15) is 0 Å². The highest BCUT2D eigenvalue weighted by atomic mass is 35.5. The van der Waals surface area contributed by atoms with Crippen molar-refractivity contribution in [2.75, 3.05) is 0 Å². The molecule has 0 unspecified atom stereocenters. The maximum atomic E-state index is 10.8. The summed E-state index contributed by atoms with van der Waals surface area (Å²) in [5.74, 6) is 0.427. The first-order chi connectivity index (χ1) is 6.36. The minimum Gasteiger partial charge on any atom is -0.481 e. The highest BCUT2D eigenvalue weighted by Crippen LogP contribution is 2.62. The molecule has 0 aliphatic heterocycles. The SMILES string of the molecule is CC1(C)[C@H]2CC[C@](N)(CC(=O)O)[C@H]1C2.Cl. The Morgan fingerprint density at radius 1 is 1.53 bits per heavy atom. The Labute approximate surface area is 96.8 Å². The standard InChI is InChI=1S/C11H19NO2.ClH/c1-10(2)7-3-4-11(12,6-9(13)14)8(10)5-7;/h7-8H,3-6,12H2,1-2H3,(H,13,14);1H/t7-,8-,11-;/m0./s1. The van der Waals surface area contributed by atoms with Crippen LogP contribution in [0, 0.1) is 17.3 Å². The minimum atomic E-state index is -0.756. The molecule has 0 aromatic heterocycles. The Hall–Kier alpha value is -0.280. The van der Waals surface area contributed by atoms with E-state index < -0.39 is 11.5 Å². The van der Waals surface area contributed by atoms with Crippen LogP contribution in [0.3, 0.4) is 0 Å². The number of rotatable bonds is 2. The van der Waals surface area contributed by atoms with Crippen LogP contribution in [0.15, 0.2) is 0 Å². The summed E-state index contributed by atoms with van der Waals surface area (Å²) < 4.78 is 0. The van der Waals surface area contributed by atoms with Crippen LogP contribution >= 0.6 is 12.4 Å². The van der Waals surface area contributed by atoms with Crippen LogP contribution in [0.25, 0.3) is 0 Å². The molecule has 0 spiro atoms. The second kappa shape index (κ2) is 3.63. The van der Waals surface area contributed by atoms with Crippen molar-refractivity contribution in [2.24, 2.45) is 23.0 Å². The molecule has 0 amide bonds. The summed E-state index contributed by atoms with van der Waals surface area (Å²) in [7, 11) is 0. The summed E-state index contributed by atoms with van der Waals surface area (Å²) in [6.07, 6.45) is 3.26. The maximum absolute atomic E-state index is 10.8. The predicted molar refractivity (Wildman–Crippen MR) is 61.0 cm³/mol. The first kappa shape index (κ1) is 12.8. The molecule has 0 aromatic carbocycles. The van der Waals surface area contributed by atoms with Gasteiger partial charge in [-0.05, 0) is 36.5 Å². The van der Waals surface area contributed by atoms with Gasteiger partial charge in [-0.25, -0.2) is 0 Å². The van der Waals surface area contributed by atoms with Gasteiger partial charge in [0.15, 0.2) is 0 Å². The van der Waals surface area contributed by atoms with E-state index in [1.165, 1.54) is 0 Å². The average Bonchev–Trinajstić information content (AvgIpc) is 2.00. The summed E-state index contributed by atoms with van der Waals surface area (Å²) in [6.45, 7) is 4.46. The zero-order valence-electron chi connectivity index (χ0n) is 9.32. The fourth-order valence-corrected chi connectivity index (χ4v) is 3.59. The number of carboxylic acids is 1. The van der Waals surface area contributed by atoms with Crippen molar-refractivity contribution >= 4 is 18.4 Å². The van der Waals surface area contributed by atoms with Crippen molar-refractivity contribution in [1.82, 2.24) is 0 Å². The van der Waals surface area contributed by atoms with Gasteiger partial charge >= 0.3 is 5.97 Å². The van der Waals surface area contributed by atoms with E-state index in [2.05, 4.69) is 13.8 Å². The van der Waals surface area contributed by atoms with Crippen LogP contribution < -0.4 is 5.73 Å². The van der Waals surface area contributed by atoms with Crippen molar-refractivity contribution in [1.29, 1.82) is 0 Å².